The van der Waals surface area contributed by atoms with Gasteiger partial charge in [-0.15, -0.1) is 0 Å². The molecule has 0 fully saturated rings. The first kappa shape index (κ1) is 13.9. The number of oxazole rings is 1. The summed E-state index contributed by atoms with van der Waals surface area (Å²) >= 11 is 1.41. The van der Waals surface area contributed by atoms with Gasteiger partial charge in [-0.2, -0.15) is 9.36 Å². The number of benzene rings is 1. The summed E-state index contributed by atoms with van der Waals surface area (Å²) in [5.74, 6) is 0.632. The van der Waals surface area contributed by atoms with Crippen molar-refractivity contribution in [2.24, 2.45) is 0 Å². The largest absolute Gasteiger partial charge is 0.480 e. The Morgan fingerprint density at radius 2 is 2.10 bits per heavy atom. The maximum atomic E-state index is 5.81. The first-order valence-electron chi connectivity index (χ1n) is 6.71. The van der Waals surface area contributed by atoms with Gasteiger partial charge in [-0.25, -0.2) is 0 Å². The lowest BCUT2D eigenvalue weighted by Crippen LogP contribution is -2.04. The SMILES string of the molecule is COc1cc(C(C)Nc2nc3cc(C)cc(C)c3o2)sn1. The summed E-state index contributed by atoms with van der Waals surface area (Å²) in [7, 11) is 1.61. The van der Waals surface area contributed by atoms with E-state index < -0.39 is 0 Å². The van der Waals surface area contributed by atoms with Crippen molar-refractivity contribution in [3.05, 3.63) is 34.2 Å². The fraction of sp³-hybridized carbons (Fsp3) is 0.333. The summed E-state index contributed by atoms with van der Waals surface area (Å²) in [6.45, 7) is 6.13. The van der Waals surface area contributed by atoms with Crippen molar-refractivity contribution in [2.75, 3.05) is 12.4 Å². The van der Waals surface area contributed by atoms with Crippen molar-refractivity contribution >= 4 is 28.6 Å². The normalized spacial score (nSPS) is 12.6. The zero-order valence-electron chi connectivity index (χ0n) is 12.4. The van der Waals surface area contributed by atoms with Gasteiger partial charge in [-0.1, -0.05) is 6.07 Å². The Labute approximate surface area is 127 Å². The highest BCUT2D eigenvalue weighted by molar-refractivity contribution is 7.06. The number of hydrogen-bond donors (Lipinski definition) is 1. The molecule has 21 heavy (non-hydrogen) atoms. The smallest absolute Gasteiger partial charge is 0.296 e. The van der Waals surface area contributed by atoms with E-state index in [1.807, 2.05) is 26.0 Å². The fourth-order valence-corrected chi connectivity index (χ4v) is 2.96. The summed E-state index contributed by atoms with van der Waals surface area (Å²) in [6, 6.07) is 6.62. The molecule has 3 rings (SSSR count). The monoisotopic (exact) mass is 303 g/mol. The van der Waals surface area contributed by atoms with Crippen molar-refractivity contribution < 1.29 is 9.15 Å². The van der Waals surface area contributed by atoms with Gasteiger partial charge < -0.3 is 14.5 Å². The number of anilines is 1. The molecule has 0 aliphatic heterocycles. The Hall–Kier alpha value is -2.08. The van der Waals surface area contributed by atoms with E-state index in [0.717, 1.165) is 21.5 Å². The molecule has 0 aliphatic carbocycles. The van der Waals surface area contributed by atoms with Crippen LogP contribution >= 0.6 is 11.5 Å². The molecule has 6 heteroatoms. The molecule has 0 saturated heterocycles. The van der Waals surface area contributed by atoms with Gasteiger partial charge in [0.2, 0.25) is 5.88 Å². The van der Waals surface area contributed by atoms with Crippen LogP contribution in [0.3, 0.4) is 0 Å². The Balaban J connectivity index is 1.85. The number of hydrogen-bond acceptors (Lipinski definition) is 6. The van der Waals surface area contributed by atoms with E-state index in [-0.39, 0.29) is 6.04 Å². The van der Waals surface area contributed by atoms with Gasteiger partial charge >= 0.3 is 0 Å². The van der Waals surface area contributed by atoms with Crippen LogP contribution in [0.2, 0.25) is 0 Å². The van der Waals surface area contributed by atoms with Crippen LogP contribution in [0, 0.1) is 13.8 Å². The van der Waals surface area contributed by atoms with Gasteiger partial charge in [0.15, 0.2) is 5.58 Å². The molecule has 1 unspecified atom stereocenters. The maximum absolute atomic E-state index is 5.81. The predicted octanol–water partition coefficient (Wildman–Crippen LogP) is 4.08. The first-order chi connectivity index (χ1) is 10.1. The van der Waals surface area contributed by atoms with Crippen molar-refractivity contribution in [1.29, 1.82) is 0 Å². The van der Waals surface area contributed by atoms with Gasteiger partial charge in [0.05, 0.1) is 18.0 Å². The van der Waals surface area contributed by atoms with Gasteiger partial charge in [0.1, 0.15) is 5.52 Å². The Morgan fingerprint density at radius 3 is 2.81 bits per heavy atom. The number of aryl methyl sites for hydroxylation is 2. The zero-order chi connectivity index (χ0) is 15.0. The molecule has 1 N–H and O–H groups in total. The molecular formula is C15H17N3O2S. The summed E-state index contributed by atoms with van der Waals surface area (Å²) < 4.78 is 15.1. The standard InChI is InChI=1S/C15H17N3O2S/c1-8-5-9(2)14-11(6-8)17-15(20-14)16-10(3)12-7-13(19-4)18-21-12/h5-7,10H,1-4H3,(H,16,17). The minimum absolute atomic E-state index is 0.0564. The molecule has 3 aromatic rings. The quantitative estimate of drug-likeness (QED) is 0.787. The van der Waals surface area contributed by atoms with Gasteiger partial charge in [0, 0.05) is 6.07 Å². The number of rotatable bonds is 4. The first-order valence-corrected chi connectivity index (χ1v) is 7.49. The average Bonchev–Trinajstić information content (AvgIpc) is 3.04. The Morgan fingerprint density at radius 1 is 1.29 bits per heavy atom. The van der Waals surface area contributed by atoms with Crippen molar-refractivity contribution in [1.82, 2.24) is 9.36 Å². The highest BCUT2D eigenvalue weighted by Gasteiger charge is 2.14. The second-order valence-electron chi connectivity index (χ2n) is 5.09. The number of methoxy groups -OCH3 is 1. The number of ether oxygens (including phenoxy) is 1. The van der Waals surface area contributed by atoms with E-state index in [1.54, 1.807) is 7.11 Å². The molecule has 0 amide bonds. The van der Waals surface area contributed by atoms with E-state index in [4.69, 9.17) is 9.15 Å². The summed E-state index contributed by atoms with van der Waals surface area (Å²) in [5.41, 5.74) is 3.99. The summed E-state index contributed by atoms with van der Waals surface area (Å²) in [5, 5.41) is 3.27. The highest BCUT2D eigenvalue weighted by Crippen LogP contribution is 2.28. The Kier molecular flexibility index (Phi) is 3.55. The maximum Gasteiger partial charge on any atom is 0.296 e. The second-order valence-corrected chi connectivity index (χ2v) is 5.92. The van der Waals surface area contributed by atoms with Gasteiger partial charge in [-0.3, -0.25) is 0 Å². The zero-order valence-corrected chi connectivity index (χ0v) is 13.2. The number of aromatic nitrogens is 2. The molecule has 5 nitrogen and oxygen atoms in total. The minimum atomic E-state index is 0.0564. The number of fused-ring (bicyclic) bond motifs is 1. The molecule has 1 atom stereocenters. The van der Waals surface area contributed by atoms with Crippen LogP contribution in [-0.2, 0) is 0 Å². The molecular weight excluding hydrogens is 286 g/mol. The number of nitrogens with zero attached hydrogens (tertiary/aromatic N) is 2. The topological polar surface area (TPSA) is 60.2 Å². The molecule has 2 aromatic heterocycles. The molecule has 110 valence electrons. The van der Waals surface area contributed by atoms with Crippen LogP contribution < -0.4 is 10.1 Å². The third-order valence-corrected chi connectivity index (χ3v) is 4.26. The highest BCUT2D eigenvalue weighted by atomic mass is 32.1. The third-order valence-electron chi connectivity index (χ3n) is 3.30. The Bertz CT molecular complexity index is 778. The lowest BCUT2D eigenvalue weighted by atomic mass is 10.1. The van der Waals surface area contributed by atoms with Crippen LogP contribution in [0.1, 0.15) is 29.0 Å². The molecule has 0 aliphatic rings. The predicted molar refractivity (Wildman–Crippen MR) is 84.2 cm³/mol. The summed E-state index contributed by atoms with van der Waals surface area (Å²) in [4.78, 5) is 5.57. The number of nitrogens with one attached hydrogen (secondary N) is 1. The van der Waals surface area contributed by atoms with Crippen LogP contribution in [0.4, 0.5) is 6.01 Å². The average molecular weight is 303 g/mol. The molecule has 2 heterocycles. The fourth-order valence-electron chi connectivity index (χ4n) is 2.27. The van der Waals surface area contributed by atoms with E-state index in [1.165, 1.54) is 17.1 Å². The second kappa shape index (κ2) is 5.37. The third kappa shape index (κ3) is 2.71. The minimum Gasteiger partial charge on any atom is -0.480 e. The van der Waals surface area contributed by atoms with Crippen molar-refractivity contribution in [3.63, 3.8) is 0 Å². The molecule has 0 spiro atoms. The van der Waals surface area contributed by atoms with Crippen molar-refractivity contribution in [3.8, 4) is 5.88 Å². The van der Waals surface area contributed by atoms with Crippen LogP contribution in [0.5, 0.6) is 5.88 Å². The van der Waals surface area contributed by atoms with E-state index in [9.17, 15) is 0 Å². The van der Waals surface area contributed by atoms with Gasteiger partial charge in [-0.05, 0) is 49.5 Å². The van der Waals surface area contributed by atoms with Crippen LogP contribution in [0.25, 0.3) is 11.1 Å². The lowest BCUT2D eigenvalue weighted by molar-refractivity contribution is 0.402. The lowest BCUT2D eigenvalue weighted by Gasteiger charge is -2.08. The van der Waals surface area contributed by atoms with Crippen LogP contribution in [0.15, 0.2) is 22.6 Å². The van der Waals surface area contributed by atoms with E-state index in [0.29, 0.717) is 11.9 Å². The van der Waals surface area contributed by atoms with Gasteiger partial charge in [0.25, 0.3) is 6.01 Å². The molecule has 0 radical (unpaired) electrons. The van der Waals surface area contributed by atoms with E-state index in [2.05, 4.69) is 27.7 Å². The molecule has 1 aromatic carbocycles. The summed E-state index contributed by atoms with van der Waals surface area (Å²) in [6.07, 6.45) is 0. The molecule has 0 saturated carbocycles. The van der Waals surface area contributed by atoms with Crippen molar-refractivity contribution in [2.45, 2.75) is 26.8 Å². The van der Waals surface area contributed by atoms with Crippen LogP contribution in [-0.4, -0.2) is 16.5 Å². The van der Waals surface area contributed by atoms with E-state index >= 15 is 0 Å². The molecule has 0 bridgehead atoms.